The molecule has 0 aliphatic rings. The summed E-state index contributed by atoms with van der Waals surface area (Å²) < 4.78 is 14.0. The van der Waals surface area contributed by atoms with Crippen molar-refractivity contribution >= 4 is 103 Å². The first kappa shape index (κ1) is 32.2. The molecule has 0 aliphatic heterocycles. The van der Waals surface area contributed by atoms with E-state index in [0.29, 0.717) is 11.5 Å². The van der Waals surface area contributed by atoms with Crippen LogP contribution in [0.1, 0.15) is 0 Å². The van der Waals surface area contributed by atoms with Crippen molar-refractivity contribution in [3.05, 3.63) is 182 Å². The van der Waals surface area contributed by atoms with Crippen LogP contribution in [0.3, 0.4) is 0 Å². The van der Waals surface area contributed by atoms with Gasteiger partial charge in [0.1, 0.15) is 16.8 Å². The van der Waals surface area contributed by atoms with Crippen molar-refractivity contribution in [3.63, 3.8) is 0 Å². The Hall–Kier alpha value is -7.80. The first-order valence-electron chi connectivity index (χ1n) is 20.2. The summed E-state index contributed by atoms with van der Waals surface area (Å²) in [5.74, 6) is 0.605. The van der Waals surface area contributed by atoms with Gasteiger partial charge in [-0.3, -0.25) is 4.57 Å². The molecule has 5 nitrogen and oxygen atoms in total. The highest BCUT2D eigenvalue weighted by Crippen LogP contribution is 2.46. The average molecular weight is 783 g/mol. The Morgan fingerprint density at radius 1 is 0.417 bits per heavy atom. The van der Waals surface area contributed by atoms with Gasteiger partial charge in [0.25, 0.3) is 0 Å². The van der Waals surface area contributed by atoms with Crippen LogP contribution >= 0.6 is 11.3 Å². The molecule has 0 spiro atoms. The third kappa shape index (κ3) is 4.35. The summed E-state index contributed by atoms with van der Waals surface area (Å²) in [5, 5.41) is 8.46. The van der Waals surface area contributed by atoms with Gasteiger partial charge < -0.3 is 8.82 Å². The zero-order valence-electron chi connectivity index (χ0n) is 31.9. The van der Waals surface area contributed by atoms with E-state index < -0.39 is 0 Å². The Morgan fingerprint density at radius 3 is 1.87 bits per heavy atom. The van der Waals surface area contributed by atoms with Gasteiger partial charge in [-0.25, -0.2) is 9.97 Å². The van der Waals surface area contributed by atoms with Crippen LogP contribution < -0.4 is 0 Å². The Bertz CT molecular complexity index is 4060. The third-order valence-corrected chi connectivity index (χ3v) is 13.7. The molecule has 278 valence electrons. The summed E-state index contributed by atoms with van der Waals surface area (Å²) >= 11 is 1.90. The van der Waals surface area contributed by atoms with E-state index in [1.54, 1.807) is 0 Å². The van der Waals surface area contributed by atoms with Crippen molar-refractivity contribution in [2.75, 3.05) is 0 Å². The Kier molecular flexibility index (Phi) is 6.38. The predicted molar refractivity (Wildman–Crippen MR) is 250 cm³/mol. The fourth-order valence-corrected chi connectivity index (χ4v) is 11.0. The highest BCUT2D eigenvalue weighted by atomic mass is 32.1. The summed E-state index contributed by atoms with van der Waals surface area (Å²) in [7, 11) is 0. The molecular formula is C54H30N4OS. The number of nitrogens with zero attached hydrogens (tertiary/aromatic N) is 4. The molecule has 60 heavy (non-hydrogen) atoms. The van der Waals surface area contributed by atoms with E-state index in [9.17, 15) is 0 Å². The first-order chi connectivity index (χ1) is 29.7. The first-order valence-corrected chi connectivity index (χ1v) is 21.1. The number of hydrogen-bond acceptors (Lipinski definition) is 4. The van der Waals surface area contributed by atoms with Gasteiger partial charge in [0.05, 0.1) is 32.3 Å². The molecule has 14 rings (SSSR count). The largest absolute Gasteiger partial charge is 0.452 e. The number of thiophene rings is 1. The van der Waals surface area contributed by atoms with Gasteiger partial charge in [-0.15, -0.1) is 11.3 Å². The summed E-state index contributed by atoms with van der Waals surface area (Å²) in [5.41, 5.74) is 14.6. The van der Waals surface area contributed by atoms with Crippen LogP contribution in [-0.4, -0.2) is 18.9 Å². The fraction of sp³-hybridized carbons (Fsp3) is 0. The van der Waals surface area contributed by atoms with Crippen molar-refractivity contribution in [1.29, 1.82) is 0 Å². The number of benzene rings is 8. The van der Waals surface area contributed by atoms with E-state index in [-0.39, 0.29) is 0 Å². The Labute approximate surface area is 346 Å². The second-order valence-electron chi connectivity index (χ2n) is 15.7. The van der Waals surface area contributed by atoms with Gasteiger partial charge >= 0.3 is 0 Å². The van der Waals surface area contributed by atoms with Crippen LogP contribution in [0.25, 0.3) is 131 Å². The third-order valence-electron chi connectivity index (χ3n) is 12.5. The van der Waals surface area contributed by atoms with Crippen molar-refractivity contribution in [3.8, 4) is 39.5 Å². The molecule has 0 atom stereocenters. The van der Waals surface area contributed by atoms with E-state index in [1.165, 1.54) is 58.6 Å². The SMILES string of the molecule is c1ccc(-c2ccc3oc4c(-c5ccccc5)nc(-n5c6ccccc6c6cc(-c7ccc8c(c7)c7cccc9c%10sc%11ccccc%11c%10n8c79)ccc65)nc4c3c2)cc1. The van der Waals surface area contributed by atoms with Gasteiger partial charge in [0.2, 0.25) is 5.95 Å². The average Bonchev–Trinajstić information content (AvgIpc) is 4.11. The topological polar surface area (TPSA) is 48.3 Å². The van der Waals surface area contributed by atoms with Gasteiger partial charge in [0.15, 0.2) is 5.58 Å². The van der Waals surface area contributed by atoms with E-state index >= 15 is 0 Å². The number of fused-ring (bicyclic) bond motifs is 14. The summed E-state index contributed by atoms with van der Waals surface area (Å²) in [6.45, 7) is 0. The van der Waals surface area contributed by atoms with Gasteiger partial charge in [0, 0.05) is 48.0 Å². The van der Waals surface area contributed by atoms with Crippen LogP contribution in [0.5, 0.6) is 0 Å². The number of aromatic nitrogens is 4. The molecule has 14 aromatic rings. The number of hydrogen-bond donors (Lipinski definition) is 0. The highest BCUT2D eigenvalue weighted by Gasteiger charge is 2.23. The molecule has 6 heterocycles. The van der Waals surface area contributed by atoms with Gasteiger partial charge in [-0.2, -0.15) is 0 Å². The van der Waals surface area contributed by atoms with Crippen LogP contribution in [-0.2, 0) is 0 Å². The molecular weight excluding hydrogens is 753 g/mol. The fourth-order valence-electron chi connectivity index (χ4n) is 9.80. The second-order valence-corrected chi connectivity index (χ2v) is 16.8. The van der Waals surface area contributed by atoms with E-state index in [0.717, 1.165) is 60.7 Å². The molecule has 0 bridgehead atoms. The van der Waals surface area contributed by atoms with Crippen LogP contribution in [0.4, 0.5) is 0 Å². The predicted octanol–water partition coefficient (Wildman–Crippen LogP) is 14.8. The molecule has 6 aromatic heterocycles. The lowest BCUT2D eigenvalue weighted by Gasteiger charge is -2.10. The second kappa shape index (κ2) is 11.9. The molecule has 0 saturated carbocycles. The summed E-state index contributed by atoms with van der Waals surface area (Å²) in [4.78, 5) is 10.7. The van der Waals surface area contributed by atoms with Crippen LogP contribution in [0.2, 0.25) is 0 Å². The minimum atomic E-state index is 0.605. The zero-order chi connectivity index (χ0) is 39.1. The lowest BCUT2D eigenvalue weighted by molar-refractivity contribution is 0.666. The Balaban J connectivity index is 0.983. The maximum atomic E-state index is 6.61. The van der Waals surface area contributed by atoms with Crippen molar-refractivity contribution in [2.45, 2.75) is 0 Å². The van der Waals surface area contributed by atoms with Crippen molar-refractivity contribution in [2.24, 2.45) is 0 Å². The van der Waals surface area contributed by atoms with E-state index in [4.69, 9.17) is 14.4 Å². The molecule has 0 aliphatic carbocycles. The Morgan fingerprint density at radius 2 is 1.03 bits per heavy atom. The molecule has 0 amide bonds. The summed E-state index contributed by atoms with van der Waals surface area (Å²) in [6, 6.07) is 65.1. The highest BCUT2D eigenvalue weighted by molar-refractivity contribution is 7.26. The molecule has 6 heteroatoms. The lowest BCUT2D eigenvalue weighted by Crippen LogP contribution is -2.02. The molecule has 0 saturated heterocycles. The number of furan rings is 1. The molecule has 0 fully saturated rings. The summed E-state index contributed by atoms with van der Waals surface area (Å²) in [6.07, 6.45) is 0. The molecule has 8 aromatic carbocycles. The molecule has 0 N–H and O–H groups in total. The van der Waals surface area contributed by atoms with Crippen molar-refractivity contribution in [1.82, 2.24) is 18.9 Å². The standard InChI is InChI=1S/C54H30N4OS/c1-3-12-31(13-4-1)33-24-27-46-42(30-33)49-52(59-46)48(32-14-5-2-6-15-32)55-54(56-49)57-43-20-9-7-16-36(43)40-28-34(22-25-44(40)57)35-23-26-45-41(29-35)37-18-11-19-39-50(37)58(45)51-38-17-8-10-21-47(38)60-53(39)51/h1-30H. The zero-order valence-corrected chi connectivity index (χ0v) is 32.7. The minimum Gasteiger partial charge on any atom is -0.452 e. The smallest absolute Gasteiger partial charge is 0.236 e. The normalized spacial score (nSPS) is 12.3. The minimum absolute atomic E-state index is 0.605. The maximum Gasteiger partial charge on any atom is 0.236 e. The van der Waals surface area contributed by atoms with E-state index in [1.807, 2.05) is 35.6 Å². The van der Waals surface area contributed by atoms with Crippen LogP contribution in [0.15, 0.2) is 186 Å². The van der Waals surface area contributed by atoms with Gasteiger partial charge in [-0.1, -0.05) is 133 Å². The number of para-hydroxylation sites is 2. The maximum absolute atomic E-state index is 6.61. The molecule has 0 radical (unpaired) electrons. The van der Waals surface area contributed by atoms with Crippen molar-refractivity contribution < 1.29 is 4.42 Å². The molecule has 0 unspecified atom stereocenters. The lowest BCUT2D eigenvalue weighted by atomic mass is 10.0. The monoisotopic (exact) mass is 782 g/mol. The number of rotatable bonds is 4. The van der Waals surface area contributed by atoms with E-state index in [2.05, 4.69) is 167 Å². The van der Waals surface area contributed by atoms with Crippen LogP contribution in [0, 0.1) is 0 Å². The quantitative estimate of drug-likeness (QED) is 0.179. The van der Waals surface area contributed by atoms with Gasteiger partial charge in [-0.05, 0) is 70.8 Å².